The van der Waals surface area contributed by atoms with E-state index in [1.54, 1.807) is 14.2 Å². The maximum Gasteiger partial charge on any atom is 0.500 e. The largest absolute Gasteiger partial charge is 0.500 e. The fourth-order valence-electron chi connectivity index (χ4n) is 2.74. The van der Waals surface area contributed by atoms with Gasteiger partial charge in [-0.2, -0.15) is 0 Å². The van der Waals surface area contributed by atoms with Gasteiger partial charge >= 0.3 is 8.80 Å². The van der Waals surface area contributed by atoms with Crippen molar-refractivity contribution in [1.82, 2.24) is 5.32 Å². The van der Waals surface area contributed by atoms with Crippen molar-refractivity contribution in [1.29, 1.82) is 0 Å². The van der Waals surface area contributed by atoms with Gasteiger partial charge in [0, 0.05) is 26.3 Å². The third kappa shape index (κ3) is 2.65. The van der Waals surface area contributed by atoms with E-state index in [9.17, 15) is 0 Å². The van der Waals surface area contributed by atoms with E-state index in [0.29, 0.717) is 12.1 Å². The molecular formula is C11H23NO3Si. The Morgan fingerprint density at radius 1 is 1.12 bits per heavy atom. The monoisotopic (exact) mass is 245 g/mol. The van der Waals surface area contributed by atoms with E-state index >= 15 is 0 Å². The van der Waals surface area contributed by atoms with Crippen LogP contribution in [0.3, 0.4) is 0 Å². The van der Waals surface area contributed by atoms with Crippen LogP contribution in [0.2, 0.25) is 6.04 Å². The summed E-state index contributed by atoms with van der Waals surface area (Å²) in [6, 6.07) is 1.43. The highest BCUT2D eigenvalue weighted by Crippen LogP contribution is 2.28. The topological polar surface area (TPSA) is 39.7 Å². The first-order valence-corrected chi connectivity index (χ1v) is 8.24. The van der Waals surface area contributed by atoms with Crippen LogP contribution in [0.5, 0.6) is 0 Å². The SMILES string of the molecule is CO[Si]1(OC)CCCNC2CCCCC2O1. The van der Waals surface area contributed by atoms with Crippen molar-refractivity contribution in [2.75, 3.05) is 20.8 Å². The first kappa shape index (κ1) is 12.5. The highest BCUT2D eigenvalue weighted by Gasteiger charge is 2.44. The third-order valence-electron chi connectivity index (χ3n) is 3.72. The van der Waals surface area contributed by atoms with Crippen LogP contribution in [0.1, 0.15) is 32.1 Å². The Bertz CT molecular complexity index is 223. The van der Waals surface area contributed by atoms with Gasteiger partial charge in [-0.25, -0.2) is 0 Å². The fraction of sp³-hybridized carbons (Fsp3) is 1.00. The number of hydrogen-bond donors (Lipinski definition) is 1. The lowest BCUT2D eigenvalue weighted by Gasteiger charge is -2.40. The maximum atomic E-state index is 6.21. The summed E-state index contributed by atoms with van der Waals surface area (Å²) in [4.78, 5) is 0. The Labute approximate surface area is 99.0 Å². The molecule has 0 spiro atoms. The van der Waals surface area contributed by atoms with Crippen molar-refractivity contribution in [2.24, 2.45) is 0 Å². The van der Waals surface area contributed by atoms with Crippen molar-refractivity contribution in [2.45, 2.75) is 50.3 Å². The van der Waals surface area contributed by atoms with E-state index < -0.39 is 8.80 Å². The molecule has 0 bridgehead atoms. The minimum absolute atomic E-state index is 0.292. The molecule has 2 unspecified atom stereocenters. The van der Waals surface area contributed by atoms with Crippen LogP contribution in [0.4, 0.5) is 0 Å². The summed E-state index contributed by atoms with van der Waals surface area (Å²) in [5.74, 6) is 0. The van der Waals surface area contributed by atoms with Gasteiger partial charge in [-0.3, -0.25) is 0 Å². The summed E-state index contributed by atoms with van der Waals surface area (Å²) in [5, 5.41) is 3.60. The zero-order chi connectivity index (χ0) is 11.4. The lowest BCUT2D eigenvalue weighted by Crippen LogP contribution is -2.55. The van der Waals surface area contributed by atoms with Gasteiger partial charge in [0.2, 0.25) is 0 Å². The quantitative estimate of drug-likeness (QED) is 0.749. The average molecular weight is 245 g/mol. The molecule has 0 amide bonds. The molecule has 1 aliphatic carbocycles. The molecule has 2 aliphatic rings. The molecular weight excluding hydrogens is 222 g/mol. The van der Waals surface area contributed by atoms with Crippen LogP contribution >= 0.6 is 0 Å². The summed E-state index contributed by atoms with van der Waals surface area (Å²) >= 11 is 0. The predicted octanol–water partition coefficient (Wildman–Crippen LogP) is 1.54. The number of nitrogens with one attached hydrogen (secondary N) is 1. The molecule has 2 atom stereocenters. The lowest BCUT2D eigenvalue weighted by molar-refractivity contribution is 0.0149. The van der Waals surface area contributed by atoms with Crippen LogP contribution in [0.15, 0.2) is 0 Å². The van der Waals surface area contributed by atoms with Crippen molar-refractivity contribution < 1.29 is 13.3 Å². The molecule has 1 N–H and O–H groups in total. The van der Waals surface area contributed by atoms with Gasteiger partial charge in [-0.05, 0) is 25.8 Å². The summed E-state index contributed by atoms with van der Waals surface area (Å²) < 4.78 is 17.4. The molecule has 1 heterocycles. The Hall–Kier alpha value is 0.0569. The van der Waals surface area contributed by atoms with Crippen molar-refractivity contribution in [3.05, 3.63) is 0 Å². The van der Waals surface area contributed by atoms with Crippen molar-refractivity contribution in [3.63, 3.8) is 0 Å². The summed E-state index contributed by atoms with van der Waals surface area (Å²) in [7, 11) is 1.09. The number of fused-ring (bicyclic) bond motifs is 1. The second-order valence-electron chi connectivity index (χ2n) is 4.70. The molecule has 1 saturated carbocycles. The van der Waals surface area contributed by atoms with Crippen LogP contribution in [-0.2, 0) is 13.3 Å². The van der Waals surface area contributed by atoms with Gasteiger partial charge in [-0.1, -0.05) is 12.8 Å². The predicted molar refractivity (Wildman–Crippen MR) is 64.3 cm³/mol. The second kappa shape index (κ2) is 5.60. The highest BCUT2D eigenvalue weighted by molar-refractivity contribution is 6.60. The van der Waals surface area contributed by atoms with Gasteiger partial charge in [0.25, 0.3) is 0 Å². The smallest absolute Gasteiger partial charge is 0.377 e. The lowest BCUT2D eigenvalue weighted by atomic mass is 9.92. The summed E-state index contributed by atoms with van der Waals surface area (Å²) in [6.07, 6.45) is 6.31. The molecule has 5 heteroatoms. The fourth-order valence-corrected chi connectivity index (χ4v) is 4.98. The number of hydrogen-bond acceptors (Lipinski definition) is 4. The first-order chi connectivity index (χ1) is 7.79. The van der Waals surface area contributed by atoms with Gasteiger partial charge in [0.1, 0.15) is 0 Å². The van der Waals surface area contributed by atoms with E-state index in [1.165, 1.54) is 19.3 Å². The number of rotatable bonds is 2. The molecule has 0 radical (unpaired) electrons. The van der Waals surface area contributed by atoms with E-state index in [-0.39, 0.29) is 0 Å². The molecule has 94 valence electrons. The normalized spacial score (nSPS) is 34.9. The van der Waals surface area contributed by atoms with Crippen LogP contribution in [0, 0.1) is 0 Å². The van der Waals surface area contributed by atoms with E-state index in [1.807, 2.05) is 0 Å². The standard InChI is InChI=1S/C11H23NO3Si/c1-13-16(14-2)9-5-8-12-10-6-3-4-7-11(10)15-16/h10-12H,3-9H2,1-2H3. The Morgan fingerprint density at radius 2 is 1.88 bits per heavy atom. The Kier molecular flexibility index (Phi) is 4.38. The maximum absolute atomic E-state index is 6.21. The van der Waals surface area contributed by atoms with E-state index in [0.717, 1.165) is 25.4 Å². The van der Waals surface area contributed by atoms with Crippen LogP contribution < -0.4 is 5.32 Å². The molecule has 16 heavy (non-hydrogen) atoms. The molecule has 1 aliphatic heterocycles. The van der Waals surface area contributed by atoms with Crippen LogP contribution in [0.25, 0.3) is 0 Å². The second-order valence-corrected chi connectivity index (χ2v) is 7.61. The minimum Gasteiger partial charge on any atom is -0.377 e. The van der Waals surface area contributed by atoms with Crippen molar-refractivity contribution in [3.8, 4) is 0 Å². The Morgan fingerprint density at radius 3 is 2.62 bits per heavy atom. The zero-order valence-electron chi connectivity index (χ0n) is 10.3. The average Bonchev–Trinajstić information content (AvgIpc) is 2.31. The van der Waals surface area contributed by atoms with Gasteiger partial charge in [-0.15, -0.1) is 0 Å². The van der Waals surface area contributed by atoms with Crippen LogP contribution in [-0.4, -0.2) is 41.7 Å². The molecule has 0 aromatic rings. The molecule has 2 rings (SSSR count). The van der Waals surface area contributed by atoms with E-state index in [2.05, 4.69) is 5.32 Å². The van der Waals surface area contributed by atoms with E-state index in [4.69, 9.17) is 13.3 Å². The zero-order valence-corrected chi connectivity index (χ0v) is 11.3. The molecule has 2 fully saturated rings. The van der Waals surface area contributed by atoms with Gasteiger partial charge < -0.3 is 18.6 Å². The van der Waals surface area contributed by atoms with Gasteiger partial charge in [0.15, 0.2) is 0 Å². The third-order valence-corrected chi connectivity index (χ3v) is 6.59. The van der Waals surface area contributed by atoms with Gasteiger partial charge in [0.05, 0.1) is 6.10 Å². The Balaban J connectivity index is 2.06. The summed E-state index contributed by atoms with van der Waals surface area (Å²) in [5.41, 5.74) is 0. The molecule has 4 nitrogen and oxygen atoms in total. The molecule has 0 aromatic carbocycles. The summed E-state index contributed by atoms with van der Waals surface area (Å²) in [6.45, 7) is 1.06. The minimum atomic E-state index is -2.36. The highest BCUT2D eigenvalue weighted by atomic mass is 28.4. The molecule has 0 aromatic heterocycles. The first-order valence-electron chi connectivity index (χ1n) is 6.31. The van der Waals surface area contributed by atoms with Crippen molar-refractivity contribution >= 4 is 8.80 Å². The molecule has 1 saturated heterocycles.